The minimum Gasteiger partial charge on any atom is -0.466 e. The van der Waals surface area contributed by atoms with Gasteiger partial charge in [-0.25, -0.2) is 0 Å². The largest absolute Gasteiger partial charge is 0.466 e. The summed E-state index contributed by atoms with van der Waals surface area (Å²) < 4.78 is 4.89. The van der Waals surface area contributed by atoms with Crippen LogP contribution in [0.15, 0.2) is 37.0 Å². The summed E-state index contributed by atoms with van der Waals surface area (Å²) in [4.78, 5) is 10.5. The molecule has 2 nitrogen and oxygen atoms in total. The number of allylic oxidation sites excluding steroid dienone is 5. The van der Waals surface area contributed by atoms with Crippen molar-refractivity contribution in [2.75, 3.05) is 6.61 Å². The second kappa shape index (κ2) is 15.7. The Bertz CT molecular complexity index is 290. The fourth-order valence-electron chi connectivity index (χ4n) is 1.96. The van der Waals surface area contributed by atoms with E-state index in [1.54, 1.807) is 6.08 Å². The summed E-state index contributed by atoms with van der Waals surface area (Å²) in [6, 6.07) is 0. The molecule has 0 spiro atoms. The molecule has 0 radical (unpaired) electrons. The molecule has 0 fully saturated rings. The zero-order valence-corrected chi connectivity index (χ0v) is 13.0. The normalized spacial score (nSPS) is 11.2. The maximum Gasteiger partial charge on any atom is 0.302 e. The highest BCUT2D eigenvalue weighted by Crippen LogP contribution is 2.10. The van der Waals surface area contributed by atoms with Crippen molar-refractivity contribution in [3.63, 3.8) is 0 Å². The molecule has 0 saturated carbocycles. The van der Waals surface area contributed by atoms with Gasteiger partial charge in [-0.1, -0.05) is 75.5 Å². The number of hydrogen-bond donors (Lipinski definition) is 0. The molecule has 0 heterocycles. The monoisotopic (exact) mass is 278 g/mol. The van der Waals surface area contributed by atoms with E-state index < -0.39 is 0 Å². The van der Waals surface area contributed by atoms with Crippen LogP contribution in [0.5, 0.6) is 0 Å². The first-order chi connectivity index (χ1) is 9.77. The van der Waals surface area contributed by atoms with Crippen LogP contribution in [-0.2, 0) is 9.53 Å². The topological polar surface area (TPSA) is 26.3 Å². The minimum absolute atomic E-state index is 0.168. The molecule has 0 saturated heterocycles. The predicted molar refractivity (Wildman–Crippen MR) is 86.7 cm³/mol. The van der Waals surface area contributed by atoms with Crippen LogP contribution in [0.1, 0.15) is 64.7 Å². The summed E-state index contributed by atoms with van der Waals surface area (Å²) in [6.45, 7) is 5.67. The molecule has 114 valence electrons. The number of rotatable bonds is 13. The van der Waals surface area contributed by atoms with E-state index in [4.69, 9.17) is 4.74 Å². The van der Waals surface area contributed by atoms with Gasteiger partial charge in [0.1, 0.15) is 0 Å². The smallest absolute Gasteiger partial charge is 0.302 e. The van der Waals surface area contributed by atoms with Gasteiger partial charge in [0.05, 0.1) is 6.61 Å². The van der Waals surface area contributed by atoms with Crippen molar-refractivity contribution < 1.29 is 9.53 Å². The Balaban J connectivity index is 3.09. The zero-order chi connectivity index (χ0) is 14.9. The lowest BCUT2D eigenvalue weighted by Gasteiger charge is -2.02. The maximum atomic E-state index is 10.5. The van der Waals surface area contributed by atoms with Gasteiger partial charge in [0, 0.05) is 6.92 Å². The van der Waals surface area contributed by atoms with Gasteiger partial charge in [-0.2, -0.15) is 0 Å². The van der Waals surface area contributed by atoms with E-state index in [2.05, 4.69) is 18.7 Å². The van der Waals surface area contributed by atoms with E-state index in [1.807, 2.05) is 12.2 Å². The van der Waals surface area contributed by atoms with Crippen LogP contribution in [0.25, 0.3) is 0 Å². The molecule has 0 amide bonds. The first-order valence-electron chi connectivity index (χ1n) is 7.85. The first kappa shape index (κ1) is 18.7. The van der Waals surface area contributed by atoms with Crippen molar-refractivity contribution in [3.05, 3.63) is 37.0 Å². The predicted octanol–water partition coefficient (Wildman–Crippen LogP) is 5.36. The third-order valence-electron chi connectivity index (χ3n) is 3.06. The zero-order valence-electron chi connectivity index (χ0n) is 13.0. The molecule has 2 heteroatoms. The number of ether oxygens (including phenoxy) is 1. The molecule has 0 rings (SSSR count). The van der Waals surface area contributed by atoms with Crippen molar-refractivity contribution in [2.45, 2.75) is 64.7 Å². The van der Waals surface area contributed by atoms with Gasteiger partial charge in [-0.15, -0.1) is 0 Å². The third-order valence-corrected chi connectivity index (χ3v) is 3.06. The van der Waals surface area contributed by atoms with Crippen molar-refractivity contribution in [1.82, 2.24) is 0 Å². The molecule has 0 aliphatic rings. The number of carbonyl (C=O) groups is 1. The summed E-state index contributed by atoms with van der Waals surface area (Å²) in [6.07, 6.45) is 21.2. The Labute approximate surface area is 124 Å². The highest BCUT2D eigenvalue weighted by atomic mass is 16.5. The summed E-state index contributed by atoms with van der Waals surface area (Å²) in [7, 11) is 0. The first-order valence-corrected chi connectivity index (χ1v) is 7.85. The SMILES string of the molecule is C=C/C=C/C=C/CCCCCCCCCCOC(C)=O. The Morgan fingerprint density at radius 2 is 1.50 bits per heavy atom. The third kappa shape index (κ3) is 16.7. The molecule has 0 aromatic rings. The second-order valence-electron chi connectivity index (χ2n) is 5.01. The summed E-state index contributed by atoms with van der Waals surface area (Å²) in [5, 5.41) is 0. The molecular weight excluding hydrogens is 248 g/mol. The van der Waals surface area contributed by atoms with Gasteiger partial charge < -0.3 is 4.74 Å². The number of hydrogen-bond acceptors (Lipinski definition) is 2. The number of carbonyl (C=O) groups excluding carboxylic acids is 1. The standard InChI is InChI=1S/C18H30O2/c1-3-4-5-6-7-8-9-10-11-12-13-14-15-16-17-20-18(2)19/h3-7H,1,8-17H2,2H3/b5-4+,7-6+. The Morgan fingerprint density at radius 3 is 2.10 bits per heavy atom. The summed E-state index contributed by atoms with van der Waals surface area (Å²) >= 11 is 0. The van der Waals surface area contributed by atoms with Crippen molar-refractivity contribution in [3.8, 4) is 0 Å². The molecule has 0 aliphatic carbocycles. The number of unbranched alkanes of at least 4 members (excludes halogenated alkanes) is 8. The molecule has 0 aliphatic heterocycles. The molecule has 20 heavy (non-hydrogen) atoms. The summed E-state index contributed by atoms with van der Waals surface area (Å²) in [5.74, 6) is -0.168. The quantitative estimate of drug-likeness (QED) is 0.257. The lowest BCUT2D eigenvalue weighted by Crippen LogP contribution is -2.00. The van der Waals surface area contributed by atoms with Crippen molar-refractivity contribution in [2.24, 2.45) is 0 Å². The highest BCUT2D eigenvalue weighted by molar-refractivity contribution is 5.65. The minimum atomic E-state index is -0.168. The van der Waals surface area contributed by atoms with Gasteiger partial charge in [0.15, 0.2) is 0 Å². The Hall–Kier alpha value is -1.31. The molecule has 0 atom stereocenters. The van der Waals surface area contributed by atoms with Crippen LogP contribution in [0.3, 0.4) is 0 Å². The average molecular weight is 278 g/mol. The van der Waals surface area contributed by atoms with Gasteiger partial charge in [0.25, 0.3) is 0 Å². The Morgan fingerprint density at radius 1 is 0.900 bits per heavy atom. The van der Waals surface area contributed by atoms with Crippen LogP contribution >= 0.6 is 0 Å². The fourth-order valence-corrected chi connectivity index (χ4v) is 1.96. The van der Waals surface area contributed by atoms with Gasteiger partial charge in [-0.3, -0.25) is 4.79 Å². The van der Waals surface area contributed by atoms with Crippen molar-refractivity contribution in [1.29, 1.82) is 0 Å². The van der Waals surface area contributed by atoms with E-state index in [0.717, 1.165) is 6.42 Å². The van der Waals surface area contributed by atoms with Crippen LogP contribution < -0.4 is 0 Å². The van der Waals surface area contributed by atoms with E-state index >= 15 is 0 Å². The fraction of sp³-hybridized carbons (Fsp3) is 0.611. The second-order valence-corrected chi connectivity index (χ2v) is 5.01. The van der Waals surface area contributed by atoms with Crippen LogP contribution in [0.4, 0.5) is 0 Å². The van der Waals surface area contributed by atoms with Crippen LogP contribution in [0.2, 0.25) is 0 Å². The molecule has 0 aromatic carbocycles. The van der Waals surface area contributed by atoms with E-state index in [1.165, 1.54) is 58.3 Å². The van der Waals surface area contributed by atoms with E-state index in [-0.39, 0.29) is 5.97 Å². The van der Waals surface area contributed by atoms with E-state index in [0.29, 0.717) is 6.61 Å². The molecule has 0 unspecified atom stereocenters. The molecule has 0 N–H and O–H groups in total. The van der Waals surface area contributed by atoms with Crippen LogP contribution in [0, 0.1) is 0 Å². The Kier molecular flexibility index (Phi) is 14.7. The van der Waals surface area contributed by atoms with E-state index in [9.17, 15) is 4.79 Å². The highest BCUT2D eigenvalue weighted by Gasteiger charge is 1.94. The lowest BCUT2D eigenvalue weighted by molar-refractivity contribution is -0.141. The van der Waals surface area contributed by atoms with Crippen molar-refractivity contribution >= 4 is 5.97 Å². The van der Waals surface area contributed by atoms with Gasteiger partial charge in [0.2, 0.25) is 0 Å². The lowest BCUT2D eigenvalue weighted by atomic mass is 10.1. The number of esters is 1. The van der Waals surface area contributed by atoms with Gasteiger partial charge >= 0.3 is 5.97 Å². The molecule has 0 aromatic heterocycles. The maximum absolute atomic E-state index is 10.5. The van der Waals surface area contributed by atoms with Crippen LogP contribution in [-0.4, -0.2) is 12.6 Å². The summed E-state index contributed by atoms with van der Waals surface area (Å²) in [5.41, 5.74) is 0. The molecule has 0 bridgehead atoms. The molecular formula is C18H30O2. The van der Waals surface area contributed by atoms with Gasteiger partial charge in [-0.05, 0) is 19.3 Å². The average Bonchev–Trinajstić information content (AvgIpc) is 2.43.